The smallest absolute Gasteiger partial charge is 0.150 e. The number of sulfone groups is 1. The fourth-order valence-electron chi connectivity index (χ4n) is 2.17. The molecule has 3 nitrogen and oxygen atoms in total. The fraction of sp³-hybridized carbons (Fsp3) is 1.00. The highest BCUT2D eigenvalue weighted by Gasteiger charge is 2.27. The van der Waals surface area contributed by atoms with E-state index in [4.69, 9.17) is 0 Å². The summed E-state index contributed by atoms with van der Waals surface area (Å²) in [5.74, 6) is 1.13. The van der Waals surface area contributed by atoms with Crippen LogP contribution in [0.5, 0.6) is 0 Å². The summed E-state index contributed by atoms with van der Waals surface area (Å²) in [5.41, 5.74) is 0. The maximum absolute atomic E-state index is 11.3. The molecule has 1 heterocycles. The standard InChI is InChI=1S/C11H23NO2S/c1-3-5-11(4-2)12-8-10-6-7-15(13,14)9-10/h10-12H,3-9H2,1-2H3. The maximum atomic E-state index is 11.3. The quantitative estimate of drug-likeness (QED) is 0.758. The molecule has 0 amide bonds. The van der Waals surface area contributed by atoms with Gasteiger partial charge in [-0.2, -0.15) is 0 Å². The van der Waals surface area contributed by atoms with Crippen LogP contribution in [0.25, 0.3) is 0 Å². The number of hydrogen-bond acceptors (Lipinski definition) is 3. The Kier molecular flexibility index (Phi) is 5.06. The zero-order chi connectivity index (χ0) is 11.3. The van der Waals surface area contributed by atoms with Crippen molar-refractivity contribution in [2.75, 3.05) is 18.1 Å². The van der Waals surface area contributed by atoms with E-state index >= 15 is 0 Å². The molecule has 0 saturated carbocycles. The summed E-state index contributed by atoms with van der Waals surface area (Å²) in [5, 5.41) is 3.49. The molecule has 0 aliphatic carbocycles. The van der Waals surface area contributed by atoms with Gasteiger partial charge in [-0.05, 0) is 31.7 Å². The molecule has 2 unspecified atom stereocenters. The Labute approximate surface area is 93.6 Å². The Morgan fingerprint density at radius 1 is 1.40 bits per heavy atom. The third-order valence-corrected chi connectivity index (χ3v) is 4.99. The third-order valence-electron chi connectivity index (χ3n) is 3.15. The number of nitrogens with one attached hydrogen (secondary N) is 1. The predicted octanol–water partition coefficient (Wildman–Crippen LogP) is 1.59. The molecule has 1 aliphatic heterocycles. The summed E-state index contributed by atoms with van der Waals surface area (Å²) in [6.45, 7) is 5.24. The van der Waals surface area contributed by atoms with Gasteiger partial charge in [-0.15, -0.1) is 0 Å². The molecule has 0 radical (unpaired) electrons. The van der Waals surface area contributed by atoms with Gasteiger partial charge in [0.05, 0.1) is 11.5 Å². The summed E-state index contributed by atoms with van der Waals surface area (Å²) in [6.07, 6.45) is 4.36. The molecule has 1 rings (SSSR count). The van der Waals surface area contributed by atoms with Gasteiger partial charge in [-0.3, -0.25) is 0 Å². The van der Waals surface area contributed by atoms with Gasteiger partial charge in [0.2, 0.25) is 0 Å². The second-order valence-electron chi connectivity index (χ2n) is 4.57. The molecule has 1 saturated heterocycles. The summed E-state index contributed by atoms with van der Waals surface area (Å²) >= 11 is 0. The van der Waals surface area contributed by atoms with Crippen LogP contribution in [-0.2, 0) is 9.84 Å². The maximum Gasteiger partial charge on any atom is 0.150 e. The molecule has 90 valence electrons. The normalized spacial score (nSPS) is 26.7. The van der Waals surface area contributed by atoms with Crippen LogP contribution in [0.4, 0.5) is 0 Å². The van der Waals surface area contributed by atoms with E-state index in [0.29, 0.717) is 23.5 Å². The average molecular weight is 233 g/mol. The van der Waals surface area contributed by atoms with Gasteiger partial charge in [0.1, 0.15) is 0 Å². The molecule has 0 aromatic carbocycles. The largest absolute Gasteiger partial charge is 0.314 e. The topological polar surface area (TPSA) is 46.2 Å². The van der Waals surface area contributed by atoms with Crippen molar-refractivity contribution in [2.45, 2.75) is 45.6 Å². The van der Waals surface area contributed by atoms with Gasteiger partial charge in [0.25, 0.3) is 0 Å². The summed E-state index contributed by atoms with van der Waals surface area (Å²) in [6, 6.07) is 0.568. The van der Waals surface area contributed by atoms with E-state index in [9.17, 15) is 8.42 Å². The van der Waals surface area contributed by atoms with Crippen LogP contribution < -0.4 is 5.32 Å². The Bertz CT molecular complexity index is 274. The van der Waals surface area contributed by atoms with Crippen molar-refractivity contribution in [3.05, 3.63) is 0 Å². The van der Waals surface area contributed by atoms with Gasteiger partial charge in [0.15, 0.2) is 9.84 Å². The van der Waals surface area contributed by atoms with Crippen molar-refractivity contribution in [1.82, 2.24) is 5.32 Å². The second kappa shape index (κ2) is 5.85. The first-order valence-electron chi connectivity index (χ1n) is 6.01. The summed E-state index contributed by atoms with van der Waals surface area (Å²) in [7, 11) is -2.70. The van der Waals surface area contributed by atoms with Gasteiger partial charge in [-0.25, -0.2) is 8.42 Å². The predicted molar refractivity (Wildman–Crippen MR) is 63.8 cm³/mol. The van der Waals surface area contributed by atoms with Crippen LogP contribution in [0.3, 0.4) is 0 Å². The van der Waals surface area contributed by atoms with E-state index in [-0.39, 0.29) is 0 Å². The lowest BCUT2D eigenvalue weighted by atomic mass is 10.1. The highest BCUT2D eigenvalue weighted by molar-refractivity contribution is 7.91. The summed E-state index contributed by atoms with van der Waals surface area (Å²) in [4.78, 5) is 0. The summed E-state index contributed by atoms with van der Waals surface area (Å²) < 4.78 is 22.5. The van der Waals surface area contributed by atoms with E-state index in [1.807, 2.05) is 0 Å². The Balaban J connectivity index is 2.25. The van der Waals surface area contributed by atoms with Gasteiger partial charge >= 0.3 is 0 Å². The van der Waals surface area contributed by atoms with Gasteiger partial charge < -0.3 is 5.32 Å². The van der Waals surface area contributed by atoms with Gasteiger partial charge in [-0.1, -0.05) is 20.3 Å². The molecule has 0 bridgehead atoms. The van der Waals surface area contributed by atoms with Crippen LogP contribution in [0.15, 0.2) is 0 Å². The second-order valence-corrected chi connectivity index (χ2v) is 6.80. The molecule has 1 aliphatic rings. The zero-order valence-electron chi connectivity index (χ0n) is 9.83. The Morgan fingerprint density at radius 2 is 2.13 bits per heavy atom. The molecular weight excluding hydrogens is 210 g/mol. The lowest BCUT2D eigenvalue weighted by Crippen LogP contribution is -2.33. The van der Waals surface area contributed by atoms with E-state index in [1.54, 1.807) is 0 Å². The molecular formula is C11H23NO2S. The molecule has 0 aromatic rings. The van der Waals surface area contributed by atoms with Crippen molar-refractivity contribution < 1.29 is 8.42 Å². The molecule has 1 fully saturated rings. The van der Waals surface area contributed by atoms with Crippen LogP contribution in [0.1, 0.15) is 39.5 Å². The van der Waals surface area contributed by atoms with Gasteiger partial charge in [0, 0.05) is 6.04 Å². The molecule has 0 spiro atoms. The van der Waals surface area contributed by atoms with Crippen LogP contribution in [0.2, 0.25) is 0 Å². The van der Waals surface area contributed by atoms with E-state index < -0.39 is 9.84 Å². The zero-order valence-corrected chi connectivity index (χ0v) is 10.6. The average Bonchev–Trinajstić information content (AvgIpc) is 2.53. The first kappa shape index (κ1) is 13.0. The van der Waals surface area contributed by atoms with E-state index in [1.165, 1.54) is 12.8 Å². The van der Waals surface area contributed by atoms with E-state index in [2.05, 4.69) is 19.2 Å². The molecule has 15 heavy (non-hydrogen) atoms. The minimum atomic E-state index is -2.70. The lowest BCUT2D eigenvalue weighted by Gasteiger charge is -2.18. The van der Waals surface area contributed by atoms with Crippen molar-refractivity contribution >= 4 is 9.84 Å². The van der Waals surface area contributed by atoms with Crippen molar-refractivity contribution in [2.24, 2.45) is 5.92 Å². The number of hydrogen-bond donors (Lipinski definition) is 1. The molecule has 2 atom stereocenters. The third kappa shape index (κ3) is 4.51. The minimum absolute atomic E-state index is 0.348. The van der Waals surface area contributed by atoms with Crippen LogP contribution >= 0.6 is 0 Å². The minimum Gasteiger partial charge on any atom is -0.314 e. The van der Waals surface area contributed by atoms with E-state index in [0.717, 1.165) is 19.4 Å². The first-order valence-corrected chi connectivity index (χ1v) is 7.83. The highest BCUT2D eigenvalue weighted by Crippen LogP contribution is 2.17. The molecule has 4 heteroatoms. The highest BCUT2D eigenvalue weighted by atomic mass is 32.2. The van der Waals surface area contributed by atoms with Crippen LogP contribution in [0, 0.1) is 5.92 Å². The van der Waals surface area contributed by atoms with Crippen molar-refractivity contribution in [3.8, 4) is 0 Å². The first-order chi connectivity index (χ1) is 7.07. The van der Waals surface area contributed by atoms with Crippen molar-refractivity contribution in [3.63, 3.8) is 0 Å². The molecule has 1 N–H and O–H groups in total. The Morgan fingerprint density at radius 3 is 2.60 bits per heavy atom. The monoisotopic (exact) mass is 233 g/mol. The molecule has 0 aromatic heterocycles. The SMILES string of the molecule is CCCC(CC)NCC1CCS(=O)(=O)C1. The number of rotatable bonds is 6. The Hall–Kier alpha value is -0.0900. The lowest BCUT2D eigenvalue weighted by molar-refractivity contribution is 0.418. The van der Waals surface area contributed by atoms with Crippen LogP contribution in [-0.4, -0.2) is 32.5 Å². The van der Waals surface area contributed by atoms with Crippen molar-refractivity contribution in [1.29, 1.82) is 0 Å². The fourth-order valence-corrected chi connectivity index (χ4v) is 4.03.